The van der Waals surface area contributed by atoms with Crippen LogP contribution < -0.4 is 5.32 Å². The summed E-state index contributed by atoms with van der Waals surface area (Å²) < 4.78 is 0. The largest absolute Gasteiger partial charge is 0.481 e. The van der Waals surface area contributed by atoms with Crippen LogP contribution >= 0.6 is 0 Å². The lowest BCUT2D eigenvalue weighted by atomic mass is 10.0. The summed E-state index contributed by atoms with van der Waals surface area (Å²) >= 11 is 0. The summed E-state index contributed by atoms with van der Waals surface area (Å²) in [5.41, 5.74) is 0. The zero-order valence-electron chi connectivity index (χ0n) is 12.6. The Morgan fingerprint density at radius 1 is 1.21 bits per heavy atom. The number of carbonyl (C=O) groups excluding carboxylic acids is 1. The van der Waals surface area contributed by atoms with Crippen molar-refractivity contribution in [3.05, 3.63) is 0 Å². The minimum absolute atomic E-state index is 0.0353. The number of urea groups is 1. The minimum Gasteiger partial charge on any atom is -0.481 e. The van der Waals surface area contributed by atoms with Gasteiger partial charge in [0.25, 0.3) is 0 Å². The second kappa shape index (κ2) is 8.74. The van der Waals surface area contributed by atoms with Gasteiger partial charge in [0, 0.05) is 26.2 Å². The van der Waals surface area contributed by atoms with Crippen LogP contribution in [0.4, 0.5) is 4.79 Å². The van der Waals surface area contributed by atoms with E-state index in [1.807, 2.05) is 19.0 Å². The molecule has 0 aromatic rings. The Morgan fingerprint density at radius 2 is 1.79 bits per heavy atom. The number of carboxylic acids is 1. The first-order chi connectivity index (χ1) is 8.72. The molecule has 2 N–H and O–H groups in total. The Labute approximate surface area is 115 Å². The van der Waals surface area contributed by atoms with Crippen LogP contribution in [-0.2, 0) is 4.79 Å². The predicted octanol–water partition coefficient (Wildman–Crippen LogP) is 1.08. The van der Waals surface area contributed by atoms with Crippen LogP contribution in [0.25, 0.3) is 0 Å². The Bertz CT molecular complexity index is 283. The molecule has 1 atom stereocenters. The number of rotatable bonds is 8. The van der Waals surface area contributed by atoms with E-state index >= 15 is 0 Å². The lowest BCUT2D eigenvalue weighted by molar-refractivity contribution is -0.137. The predicted molar refractivity (Wildman–Crippen MR) is 75.2 cm³/mol. The fraction of sp³-hybridized carbons (Fsp3) is 0.846. The van der Waals surface area contributed by atoms with E-state index in [2.05, 4.69) is 19.2 Å². The van der Waals surface area contributed by atoms with E-state index in [0.717, 1.165) is 13.0 Å². The number of carboxylic acid groups (broad SMARTS) is 1. The van der Waals surface area contributed by atoms with Gasteiger partial charge in [0.2, 0.25) is 0 Å². The third kappa shape index (κ3) is 9.30. The summed E-state index contributed by atoms with van der Waals surface area (Å²) in [6, 6.07) is -0.136. The molecule has 0 heterocycles. The van der Waals surface area contributed by atoms with E-state index in [0.29, 0.717) is 5.92 Å². The maximum absolute atomic E-state index is 11.9. The summed E-state index contributed by atoms with van der Waals surface area (Å²) in [5.74, 6) is -0.402. The molecule has 0 saturated carbocycles. The average molecular weight is 273 g/mol. The fourth-order valence-corrected chi connectivity index (χ4v) is 1.84. The molecule has 2 amide bonds. The smallest absolute Gasteiger partial charge is 0.317 e. The van der Waals surface area contributed by atoms with Gasteiger partial charge in [0.05, 0.1) is 6.42 Å². The molecule has 0 aromatic heterocycles. The molecule has 0 fully saturated rings. The summed E-state index contributed by atoms with van der Waals surface area (Å²) in [5, 5.41) is 11.6. The summed E-state index contributed by atoms with van der Waals surface area (Å²) in [6.45, 7) is 5.22. The standard InChI is InChI=1S/C13H27N3O3/c1-10(2)8-11(9-15(3)4)14-13(19)16(5)7-6-12(17)18/h10-11H,6-9H2,1-5H3,(H,14,19)(H,17,18). The molecule has 0 saturated heterocycles. The van der Waals surface area contributed by atoms with Crippen LogP contribution in [-0.4, -0.2) is 67.2 Å². The number of aliphatic carboxylic acids is 1. The molecule has 6 heteroatoms. The lowest BCUT2D eigenvalue weighted by Crippen LogP contribution is -2.47. The number of hydrogen-bond donors (Lipinski definition) is 2. The summed E-state index contributed by atoms with van der Waals surface area (Å²) in [4.78, 5) is 25.9. The van der Waals surface area contributed by atoms with E-state index in [4.69, 9.17) is 5.11 Å². The number of nitrogens with one attached hydrogen (secondary N) is 1. The van der Waals surface area contributed by atoms with Crippen LogP contribution in [0.3, 0.4) is 0 Å². The van der Waals surface area contributed by atoms with Crippen molar-refractivity contribution in [2.45, 2.75) is 32.7 Å². The number of carbonyl (C=O) groups is 2. The Kier molecular flexibility index (Phi) is 8.14. The highest BCUT2D eigenvalue weighted by atomic mass is 16.4. The summed E-state index contributed by atoms with van der Waals surface area (Å²) in [7, 11) is 5.54. The van der Waals surface area contributed by atoms with E-state index in [9.17, 15) is 9.59 Å². The van der Waals surface area contributed by atoms with Crippen LogP contribution in [0.2, 0.25) is 0 Å². The van der Waals surface area contributed by atoms with E-state index in [-0.39, 0.29) is 25.0 Å². The molecule has 112 valence electrons. The monoisotopic (exact) mass is 273 g/mol. The highest BCUT2D eigenvalue weighted by Crippen LogP contribution is 2.06. The second-order valence-electron chi connectivity index (χ2n) is 5.60. The van der Waals surface area contributed by atoms with Crippen molar-refractivity contribution in [1.29, 1.82) is 0 Å². The second-order valence-corrected chi connectivity index (χ2v) is 5.60. The molecule has 0 radical (unpaired) electrons. The molecule has 6 nitrogen and oxygen atoms in total. The van der Waals surface area contributed by atoms with Crippen LogP contribution in [0, 0.1) is 5.92 Å². The molecular weight excluding hydrogens is 246 g/mol. The van der Waals surface area contributed by atoms with Crippen molar-refractivity contribution in [3.8, 4) is 0 Å². The number of likely N-dealkylation sites (N-methyl/N-ethyl adjacent to an activating group) is 1. The van der Waals surface area contributed by atoms with Gasteiger partial charge < -0.3 is 20.2 Å². The summed E-state index contributed by atoms with van der Waals surface area (Å²) in [6.07, 6.45) is 0.864. The number of amides is 2. The number of nitrogens with zero attached hydrogens (tertiary/aromatic N) is 2. The number of hydrogen-bond acceptors (Lipinski definition) is 3. The topological polar surface area (TPSA) is 72.9 Å². The van der Waals surface area contributed by atoms with Gasteiger partial charge in [-0.15, -0.1) is 0 Å². The SMILES string of the molecule is CC(C)CC(CN(C)C)NC(=O)N(C)CCC(=O)O. The Hall–Kier alpha value is -1.30. The first-order valence-corrected chi connectivity index (χ1v) is 6.60. The van der Waals surface area contributed by atoms with Crippen LogP contribution in [0.1, 0.15) is 26.7 Å². The molecule has 0 rings (SSSR count). The van der Waals surface area contributed by atoms with E-state index in [1.54, 1.807) is 7.05 Å². The normalized spacial score (nSPS) is 12.6. The zero-order valence-corrected chi connectivity index (χ0v) is 12.6. The van der Waals surface area contributed by atoms with Crippen molar-refractivity contribution >= 4 is 12.0 Å². The van der Waals surface area contributed by atoms with Gasteiger partial charge in [-0.1, -0.05) is 13.8 Å². The van der Waals surface area contributed by atoms with Gasteiger partial charge in [-0.3, -0.25) is 4.79 Å². The Morgan fingerprint density at radius 3 is 2.21 bits per heavy atom. The lowest BCUT2D eigenvalue weighted by Gasteiger charge is -2.26. The van der Waals surface area contributed by atoms with E-state index < -0.39 is 5.97 Å². The molecule has 0 aliphatic carbocycles. The molecule has 19 heavy (non-hydrogen) atoms. The van der Waals surface area contributed by atoms with Crippen molar-refractivity contribution in [2.24, 2.45) is 5.92 Å². The van der Waals surface area contributed by atoms with Gasteiger partial charge in [0.1, 0.15) is 0 Å². The molecule has 1 unspecified atom stereocenters. The molecule has 0 bridgehead atoms. The molecule has 0 aromatic carbocycles. The fourth-order valence-electron chi connectivity index (χ4n) is 1.84. The average Bonchev–Trinajstić information content (AvgIpc) is 2.23. The molecular formula is C13H27N3O3. The molecule has 0 aliphatic rings. The zero-order chi connectivity index (χ0) is 15.0. The van der Waals surface area contributed by atoms with Crippen LogP contribution in [0.5, 0.6) is 0 Å². The first kappa shape index (κ1) is 17.7. The van der Waals surface area contributed by atoms with Gasteiger partial charge in [-0.05, 0) is 26.4 Å². The molecule has 0 aliphatic heterocycles. The van der Waals surface area contributed by atoms with Crippen molar-refractivity contribution in [2.75, 3.05) is 34.2 Å². The van der Waals surface area contributed by atoms with Gasteiger partial charge in [-0.25, -0.2) is 4.79 Å². The minimum atomic E-state index is -0.897. The molecule has 0 spiro atoms. The third-order valence-corrected chi connectivity index (χ3v) is 2.68. The third-order valence-electron chi connectivity index (χ3n) is 2.68. The van der Waals surface area contributed by atoms with Gasteiger partial charge in [-0.2, -0.15) is 0 Å². The highest BCUT2D eigenvalue weighted by molar-refractivity contribution is 5.75. The first-order valence-electron chi connectivity index (χ1n) is 6.60. The Balaban J connectivity index is 4.31. The quantitative estimate of drug-likeness (QED) is 0.694. The maximum atomic E-state index is 11.9. The van der Waals surface area contributed by atoms with E-state index in [1.165, 1.54) is 4.90 Å². The van der Waals surface area contributed by atoms with Gasteiger partial charge >= 0.3 is 12.0 Å². The van der Waals surface area contributed by atoms with Crippen molar-refractivity contribution in [3.63, 3.8) is 0 Å². The van der Waals surface area contributed by atoms with Crippen LogP contribution in [0.15, 0.2) is 0 Å². The maximum Gasteiger partial charge on any atom is 0.317 e. The highest BCUT2D eigenvalue weighted by Gasteiger charge is 2.17. The van der Waals surface area contributed by atoms with Gasteiger partial charge in [0.15, 0.2) is 0 Å². The van der Waals surface area contributed by atoms with Crippen molar-refractivity contribution < 1.29 is 14.7 Å². The van der Waals surface area contributed by atoms with Crippen molar-refractivity contribution in [1.82, 2.24) is 15.1 Å².